The van der Waals surface area contributed by atoms with Crippen molar-refractivity contribution in [2.75, 3.05) is 0 Å². The molecule has 0 bridgehead atoms. The molecule has 2 aromatic heterocycles. The lowest BCUT2D eigenvalue weighted by Crippen LogP contribution is -2.08. The number of hydrogen-bond acceptors (Lipinski definition) is 3. The summed E-state index contributed by atoms with van der Waals surface area (Å²) in [5.74, 6) is 1.20. The van der Waals surface area contributed by atoms with Crippen LogP contribution in [0.5, 0.6) is 0 Å². The van der Waals surface area contributed by atoms with Crippen molar-refractivity contribution in [3.8, 4) is 0 Å². The standard InChI is InChI=1S/C12H15ClN4/c1-8(2)11-15-16-12(13)17(11)7-10-6-14-5-4-9(10)3/h4-6,8H,7H2,1-3H3. The fourth-order valence-electron chi connectivity index (χ4n) is 1.70. The van der Waals surface area contributed by atoms with Gasteiger partial charge in [-0.15, -0.1) is 10.2 Å². The number of hydrogen-bond donors (Lipinski definition) is 0. The number of nitrogens with zero attached hydrogens (tertiary/aromatic N) is 4. The third-order valence-corrected chi connectivity index (χ3v) is 3.01. The maximum Gasteiger partial charge on any atom is 0.225 e. The molecule has 0 amide bonds. The minimum atomic E-state index is 0.298. The molecule has 90 valence electrons. The second kappa shape index (κ2) is 4.84. The van der Waals surface area contributed by atoms with Crippen LogP contribution in [0.1, 0.15) is 36.7 Å². The van der Waals surface area contributed by atoms with Gasteiger partial charge in [-0.3, -0.25) is 9.55 Å². The predicted octanol–water partition coefficient (Wildman–Crippen LogP) is 2.81. The molecule has 0 unspecified atom stereocenters. The zero-order valence-electron chi connectivity index (χ0n) is 10.2. The average Bonchev–Trinajstić information content (AvgIpc) is 2.64. The monoisotopic (exact) mass is 250 g/mol. The molecule has 2 heterocycles. The van der Waals surface area contributed by atoms with Gasteiger partial charge in [-0.1, -0.05) is 13.8 Å². The van der Waals surface area contributed by atoms with Gasteiger partial charge < -0.3 is 0 Å². The van der Waals surface area contributed by atoms with Gasteiger partial charge in [0, 0.05) is 18.3 Å². The first-order valence-electron chi connectivity index (χ1n) is 5.57. The van der Waals surface area contributed by atoms with Crippen LogP contribution in [0.3, 0.4) is 0 Å². The maximum atomic E-state index is 6.06. The molecule has 0 N–H and O–H groups in total. The molecule has 0 aliphatic rings. The van der Waals surface area contributed by atoms with Gasteiger partial charge in [0.05, 0.1) is 6.54 Å². The molecule has 2 rings (SSSR count). The largest absolute Gasteiger partial charge is 0.297 e. The van der Waals surface area contributed by atoms with Crippen molar-refractivity contribution in [1.29, 1.82) is 0 Å². The SMILES string of the molecule is Cc1ccncc1Cn1c(Cl)nnc1C(C)C. The summed E-state index contributed by atoms with van der Waals surface area (Å²) in [6, 6.07) is 1.99. The molecule has 0 aliphatic carbocycles. The van der Waals surface area contributed by atoms with E-state index in [0.29, 0.717) is 17.7 Å². The van der Waals surface area contributed by atoms with E-state index in [0.717, 1.165) is 11.4 Å². The quantitative estimate of drug-likeness (QED) is 0.841. The Bertz CT molecular complexity index is 519. The van der Waals surface area contributed by atoms with E-state index >= 15 is 0 Å². The minimum Gasteiger partial charge on any atom is -0.297 e. The van der Waals surface area contributed by atoms with Crippen LogP contribution >= 0.6 is 11.6 Å². The normalized spacial score (nSPS) is 11.1. The van der Waals surface area contributed by atoms with Crippen LogP contribution in [0.2, 0.25) is 5.28 Å². The third kappa shape index (κ3) is 2.47. The van der Waals surface area contributed by atoms with E-state index in [1.807, 2.05) is 16.8 Å². The number of aromatic nitrogens is 4. The highest BCUT2D eigenvalue weighted by Gasteiger charge is 2.14. The van der Waals surface area contributed by atoms with E-state index in [9.17, 15) is 0 Å². The van der Waals surface area contributed by atoms with Crippen molar-refractivity contribution in [1.82, 2.24) is 19.7 Å². The summed E-state index contributed by atoms with van der Waals surface area (Å²) in [6.07, 6.45) is 3.64. The Balaban J connectivity index is 2.36. The number of halogens is 1. The zero-order chi connectivity index (χ0) is 12.4. The van der Waals surface area contributed by atoms with Crippen LogP contribution in [0.25, 0.3) is 0 Å². The van der Waals surface area contributed by atoms with Crippen molar-refractivity contribution in [3.05, 3.63) is 40.7 Å². The third-order valence-electron chi connectivity index (χ3n) is 2.73. The highest BCUT2D eigenvalue weighted by atomic mass is 35.5. The first kappa shape index (κ1) is 12.0. The molecular formula is C12H15ClN4. The molecule has 0 spiro atoms. The predicted molar refractivity (Wildman–Crippen MR) is 67.2 cm³/mol. The van der Waals surface area contributed by atoms with Crippen molar-refractivity contribution in [2.24, 2.45) is 0 Å². The van der Waals surface area contributed by atoms with E-state index in [-0.39, 0.29) is 0 Å². The summed E-state index contributed by atoms with van der Waals surface area (Å²) in [4.78, 5) is 4.13. The van der Waals surface area contributed by atoms with Gasteiger partial charge in [0.1, 0.15) is 5.82 Å². The van der Waals surface area contributed by atoms with Crippen LogP contribution in [0, 0.1) is 6.92 Å². The summed E-state index contributed by atoms with van der Waals surface area (Å²) in [7, 11) is 0. The molecule has 0 radical (unpaired) electrons. The second-order valence-electron chi connectivity index (χ2n) is 4.37. The highest BCUT2D eigenvalue weighted by molar-refractivity contribution is 6.28. The molecule has 17 heavy (non-hydrogen) atoms. The Labute approximate surface area is 106 Å². The van der Waals surface area contributed by atoms with Crippen LogP contribution in [-0.2, 0) is 6.54 Å². The minimum absolute atomic E-state index is 0.298. The van der Waals surface area contributed by atoms with Gasteiger partial charge in [-0.2, -0.15) is 0 Å². The molecule has 0 aliphatic heterocycles. The summed E-state index contributed by atoms with van der Waals surface area (Å²) in [6.45, 7) is 6.88. The van der Waals surface area contributed by atoms with Gasteiger partial charge >= 0.3 is 0 Å². The second-order valence-corrected chi connectivity index (χ2v) is 4.71. The first-order chi connectivity index (χ1) is 8.09. The molecule has 0 atom stereocenters. The Hall–Kier alpha value is -1.42. The molecule has 4 nitrogen and oxygen atoms in total. The smallest absolute Gasteiger partial charge is 0.225 e. The Morgan fingerprint density at radius 1 is 1.35 bits per heavy atom. The number of rotatable bonds is 3. The van der Waals surface area contributed by atoms with Gasteiger partial charge in [0.2, 0.25) is 5.28 Å². The van der Waals surface area contributed by atoms with Gasteiger partial charge in [0.15, 0.2) is 0 Å². The van der Waals surface area contributed by atoms with Gasteiger partial charge in [-0.25, -0.2) is 0 Å². The van der Waals surface area contributed by atoms with Crippen LogP contribution < -0.4 is 0 Å². The lowest BCUT2D eigenvalue weighted by atomic mass is 10.1. The van der Waals surface area contributed by atoms with E-state index in [2.05, 4.69) is 36.0 Å². The summed E-state index contributed by atoms with van der Waals surface area (Å²) in [5.41, 5.74) is 2.33. The molecule has 0 saturated carbocycles. The topological polar surface area (TPSA) is 43.6 Å². The molecule has 5 heteroatoms. The molecule has 0 fully saturated rings. The zero-order valence-corrected chi connectivity index (χ0v) is 10.9. The molecule has 0 aromatic carbocycles. The van der Waals surface area contributed by atoms with Crippen molar-refractivity contribution in [2.45, 2.75) is 33.2 Å². The lowest BCUT2D eigenvalue weighted by molar-refractivity contribution is 0.666. The fourth-order valence-corrected chi connectivity index (χ4v) is 1.89. The van der Waals surface area contributed by atoms with Gasteiger partial charge in [0.25, 0.3) is 0 Å². The van der Waals surface area contributed by atoms with Crippen LogP contribution in [0.15, 0.2) is 18.5 Å². The van der Waals surface area contributed by atoms with E-state index in [4.69, 9.17) is 11.6 Å². The van der Waals surface area contributed by atoms with Crippen molar-refractivity contribution in [3.63, 3.8) is 0 Å². The number of pyridine rings is 1. The lowest BCUT2D eigenvalue weighted by Gasteiger charge is -2.11. The molecule has 0 saturated heterocycles. The maximum absolute atomic E-state index is 6.06. The molecule has 2 aromatic rings. The summed E-state index contributed by atoms with van der Waals surface area (Å²) >= 11 is 6.06. The van der Waals surface area contributed by atoms with Crippen molar-refractivity contribution >= 4 is 11.6 Å². The fraction of sp³-hybridized carbons (Fsp3) is 0.417. The Morgan fingerprint density at radius 3 is 2.76 bits per heavy atom. The summed E-state index contributed by atoms with van der Waals surface area (Å²) in [5, 5.41) is 8.45. The average molecular weight is 251 g/mol. The van der Waals surface area contributed by atoms with Crippen LogP contribution in [-0.4, -0.2) is 19.7 Å². The van der Waals surface area contributed by atoms with Crippen LogP contribution in [0.4, 0.5) is 0 Å². The van der Waals surface area contributed by atoms with E-state index in [1.54, 1.807) is 6.20 Å². The Kier molecular flexibility index (Phi) is 3.43. The van der Waals surface area contributed by atoms with E-state index in [1.165, 1.54) is 5.56 Å². The molecular weight excluding hydrogens is 236 g/mol. The first-order valence-corrected chi connectivity index (χ1v) is 5.95. The highest BCUT2D eigenvalue weighted by Crippen LogP contribution is 2.19. The Morgan fingerprint density at radius 2 is 2.12 bits per heavy atom. The number of aryl methyl sites for hydroxylation is 1. The van der Waals surface area contributed by atoms with Crippen molar-refractivity contribution < 1.29 is 0 Å². The van der Waals surface area contributed by atoms with E-state index < -0.39 is 0 Å². The van der Waals surface area contributed by atoms with Gasteiger partial charge in [-0.05, 0) is 35.7 Å². The summed E-state index contributed by atoms with van der Waals surface area (Å²) < 4.78 is 1.93.